The third-order valence-electron chi connectivity index (χ3n) is 7.50. The molecule has 45 heavy (non-hydrogen) atoms. The third-order valence-corrected chi connectivity index (χ3v) is 8.81. The van der Waals surface area contributed by atoms with Crippen LogP contribution in [0.15, 0.2) is 92.2 Å². The van der Waals surface area contributed by atoms with Crippen molar-refractivity contribution in [1.82, 2.24) is 4.57 Å². The highest BCUT2D eigenvalue weighted by atomic mass is 35.5. The molecule has 3 aromatic carbocycles. The van der Waals surface area contributed by atoms with E-state index in [4.69, 9.17) is 30.2 Å². The van der Waals surface area contributed by atoms with Crippen molar-refractivity contribution in [2.75, 3.05) is 20.8 Å². The van der Waals surface area contributed by atoms with E-state index in [1.54, 1.807) is 57.4 Å². The van der Waals surface area contributed by atoms with Gasteiger partial charge in [-0.25, -0.2) is 14.6 Å². The van der Waals surface area contributed by atoms with Gasteiger partial charge in [0, 0.05) is 17.2 Å². The maximum absolute atomic E-state index is 14.2. The summed E-state index contributed by atoms with van der Waals surface area (Å²) in [6, 6.07) is 19.0. The lowest BCUT2D eigenvalue weighted by atomic mass is 9.90. The third kappa shape index (κ3) is 5.36. The van der Waals surface area contributed by atoms with Gasteiger partial charge >= 0.3 is 11.9 Å². The van der Waals surface area contributed by atoms with E-state index in [0.29, 0.717) is 43.4 Å². The number of carbonyl (C=O) groups is 2. The second-order valence-electron chi connectivity index (χ2n) is 10.1. The zero-order valence-corrected chi connectivity index (χ0v) is 26.3. The van der Waals surface area contributed by atoms with Crippen molar-refractivity contribution in [3.05, 3.63) is 120 Å². The summed E-state index contributed by atoms with van der Waals surface area (Å²) in [5.41, 5.74) is 1.83. The Labute approximate surface area is 266 Å². The van der Waals surface area contributed by atoms with Gasteiger partial charge in [0.1, 0.15) is 23.3 Å². The summed E-state index contributed by atoms with van der Waals surface area (Å²) >= 11 is 7.36. The number of thiazole rings is 1. The topological polar surface area (TPSA) is 109 Å². The predicted octanol–water partition coefficient (Wildman–Crippen LogP) is 5.66. The molecule has 228 valence electrons. The van der Waals surface area contributed by atoms with Gasteiger partial charge in [0.25, 0.3) is 5.56 Å². The average Bonchev–Trinajstić information content (AvgIpc) is 3.63. The summed E-state index contributed by atoms with van der Waals surface area (Å²) in [6.07, 6.45) is 1.63. The molecule has 11 heteroatoms. The van der Waals surface area contributed by atoms with E-state index in [9.17, 15) is 14.4 Å². The monoisotopic (exact) mass is 642 g/mol. The Kier molecular flexibility index (Phi) is 8.18. The molecular formula is C34H27ClN2O7S. The largest absolute Gasteiger partial charge is 0.496 e. The number of hydrogen-bond donors (Lipinski definition) is 0. The summed E-state index contributed by atoms with van der Waals surface area (Å²) < 4.78 is 24.0. The first-order chi connectivity index (χ1) is 21.7. The van der Waals surface area contributed by atoms with Gasteiger partial charge in [-0.05, 0) is 61.0 Å². The molecule has 0 bridgehead atoms. The molecule has 3 heterocycles. The fraction of sp³-hybridized carbons (Fsp3) is 0.176. The molecule has 1 aliphatic rings. The molecule has 0 fully saturated rings. The van der Waals surface area contributed by atoms with Crippen molar-refractivity contribution in [2.45, 2.75) is 19.9 Å². The molecule has 5 aromatic rings. The second kappa shape index (κ2) is 12.2. The van der Waals surface area contributed by atoms with Crippen molar-refractivity contribution in [3.8, 4) is 17.1 Å². The number of allylic oxidation sites excluding steroid dienone is 1. The highest BCUT2D eigenvalue weighted by Gasteiger charge is 2.36. The minimum atomic E-state index is -0.860. The molecule has 9 nitrogen and oxygen atoms in total. The van der Waals surface area contributed by atoms with Crippen LogP contribution in [0.5, 0.6) is 5.75 Å². The van der Waals surface area contributed by atoms with E-state index in [0.717, 1.165) is 10.8 Å². The highest BCUT2D eigenvalue weighted by Crippen LogP contribution is 2.40. The highest BCUT2D eigenvalue weighted by molar-refractivity contribution is 7.07. The summed E-state index contributed by atoms with van der Waals surface area (Å²) in [4.78, 5) is 44.9. The number of methoxy groups -OCH3 is 2. The molecule has 0 saturated heterocycles. The van der Waals surface area contributed by atoms with Crippen molar-refractivity contribution in [1.29, 1.82) is 0 Å². The van der Waals surface area contributed by atoms with Gasteiger partial charge in [-0.15, -0.1) is 0 Å². The quantitative estimate of drug-likeness (QED) is 0.211. The smallest absolute Gasteiger partial charge is 0.339 e. The molecule has 0 N–H and O–H groups in total. The SMILES string of the molecule is CCOC(=O)C1=C(C)N=c2s/c(=C\c3ccc(-c4ccc(Cl)c(C(=O)OC)c4)o3)c(=O)n2[C@H]1c1c(OC)ccc2ccccc12. The lowest BCUT2D eigenvalue weighted by Crippen LogP contribution is -2.40. The Morgan fingerprint density at radius 3 is 2.62 bits per heavy atom. The van der Waals surface area contributed by atoms with Gasteiger partial charge in [0.15, 0.2) is 4.80 Å². The van der Waals surface area contributed by atoms with E-state index in [-0.39, 0.29) is 28.3 Å². The fourth-order valence-electron chi connectivity index (χ4n) is 5.46. The van der Waals surface area contributed by atoms with Crippen LogP contribution in [0, 0.1) is 0 Å². The van der Waals surface area contributed by atoms with Crippen LogP contribution in [-0.4, -0.2) is 37.3 Å². The number of rotatable bonds is 7. The fourth-order valence-corrected chi connectivity index (χ4v) is 6.68. The van der Waals surface area contributed by atoms with Gasteiger partial charge in [0.2, 0.25) is 0 Å². The molecule has 0 saturated carbocycles. The molecule has 6 rings (SSSR count). The van der Waals surface area contributed by atoms with E-state index in [2.05, 4.69) is 4.99 Å². The lowest BCUT2D eigenvalue weighted by Gasteiger charge is -2.27. The zero-order valence-electron chi connectivity index (χ0n) is 24.8. The number of nitrogens with zero attached hydrogens (tertiary/aromatic N) is 2. The van der Waals surface area contributed by atoms with Gasteiger partial charge < -0.3 is 18.6 Å². The number of ether oxygens (including phenoxy) is 3. The number of esters is 2. The molecule has 0 spiro atoms. The number of furan rings is 1. The Morgan fingerprint density at radius 1 is 1.07 bits per heavy atom. The van der Waals surface area contributed by atoms with Crippen LogP contribution in [0.4, 0.5) is 0 Å². The van der Waals surface area contributed by atoms with Crippen molar-refractivity contribution >= 4 is 51.7 Å². The predicted molar refractivity (Wildman–Crippen MR) is 171 cm³/mol. The minimum absolute atomic E-state index is 0.162. The summed E-state index contributed by atoms with van der Waals surface area (Å²) in [5, 5.41) is 2.01. The van der Waals surface area contributed by atoms with Gasteiger partial charge in [-0.3, -0.25) is 9.36 Å². The Bertz CT molecular complexity index is 2210. The average molecular weight is 643 g/mol. The maximum atomic E-state index is 14.2. The summed E-state index contributed by atoms with van der Waals surface area (Å²) in [5.74, 6) is 0.275. The minimum Gasteiger partial charge on any atom is -0.496 e. The van der Waals surface area contributed by atoms with E-state index >= 15 is 0 Å². The van der Waals surface area contributed by atoms with E-state index in [1.165, 1.54) is 23.0 Å². The molecule has 1 atom stereocenters. The van der Waals surface area contributed by atoms with Crippen LogP contribution in [0.2, 0.25) is 5.02 Å². The first-order valence-corrected chi connectivity index (χ1v) is 15.2. The Hall–Kier alpha value is -4.93. The Balaban J connectivity index is 1.52. The standard InChI is InChI=1S/C34H27ClN2O7S/c1-5-43-33(40)28-18(2)36-34-37(30(28)29-22-9-7-6-8-19(22)11-14-26(29)41-3)31(38)27(45-34)17-21-12-15-25(44-21)20-10-13-24(35)23(16-20)32(39)42-4/h6-17,30H,5H2,1-4H3/b27-17-/t30-/m1/s1. The van der Waals surface area contributed by atoms with Crippen LogP contribution in [0.25, 0.3) is 28.2 Å². The number of aromatic nitrogens is 1. The molecule has 0 amide bonds. The summed E-state index contributed by atoms with van der Waals surface area (Å²) in [6.45, 7) is 3.63. The molecule has 0 unspecified atom stereocenters. The Morgan fingerprint density at radius 2 is 1.87 bits per heavy atom. The van der Waals surface area contributed by atoms with Gasteiger partial charge in [0.05, 0.1) is 47.2 Å². The van der Waals surface area contributed by atoms with Gasteiger partial charge in [-0.1, -0.05) is 53.3 Å². The van der Waals surface area contributed by atoms with Crippen LogP contribution < -0.4 is 19.6 Å². The van der Waals surface area contributed by atoms with Crippen LogP contribution in [0.1, 0.15) is 41.6 Å². The number of hydrogen-bond acceptors (Lipinski definition) is 9. The molecule has 1 aliphatic heterocycles. The number of halogens is 1. The van der Waals surface area contributed by atoms with Crippen molar-refractivity contribution in [2.24, 2.45) is 4.99 Å². The molecular weight excluding hydrogens is 616 g/mol. The molecule has 0 aliphatic carbocycles. The number of benzene rings is 3. The van der Waals surface area contributed by atoms with Crippen LogP contribution in [-0.2, 0) is 14.3 Å². The van der Waals surface area contributed by atoms with Crippen molar-refractivity contribution in [3.63, 3.8) is 0 Å². The van der Waals surface area contributed by atoms with Gasteiger partial charge in [-0.2, -0.15) is 0 Å². The van der Waals surface area contributed by atoms with Crippen molar-refractivity contribution < 1.29 is 28.2 Å². The number of fused-ring (bicyclic) bond motifs is 2. The normalized spacial score (nSPS) is 14.7. The van der Waals surface area contributed by atoms with E-state index in [1.807, 2.05) is 36.4 Å². The second-order valence-corrected chi connectivity index (χ2v) is 11.5. The molecule has 0 radical (unpaired) electrons. The lowest BCUT2D eigenvalue weighted by molar-refractivity contribution is -0.139. The van der Waals surface area contributed by atoms with E-state index < -0.39 is 18.0 Å². The van der Waals surface area contributed by atoms with Crippen LogP contribution in [0.3, 0.4) is 0 Å². The number of carbonyl (C=O) groups excluding carboxylic acids is 2. The first kappa shape index (κ1) is 30.1. The first-order valence-electron chi connectivity index (χ1n) is 14.0. The summed E-state index contributed by atoms with van der Waals surface area (Å²) in [7, 11) is 2.84. The zero-order chi connectivity index (χ0) is 31.8. The van der Waals surface area contributed by atoms with Crippen LogP contribution >= 0.6 is 22.9 Å². The molecule has 2 aromatic heterocycles. The maximum Gasteiger partial charge on any atom is 0.339 e.